The third-order valence-electron chi connectivity index (χ3n) is 1.88. The van der Waals surface area contributed by atoms with E-state index in [-0.39, 0.29) is 11.5 Å². The summed E-state index contributed by atoms with van der Waals surface area (Å²) in [5.41, 5.74) is 0.163. The Bertz CT molecular complexity index is 121. The van der Waals surface area contributed by atoms with Gasteiger partial charge in [0, 0.05) is 6.61 Å². The molecule has 0 saturated carbocycles. The lowest BCUT2D eigenvalue weighted by Crippen LogP contribution is -2.21. The highest BCUT2D eigenvalue weighted by Gasteiger charge is 2.25. The zero-order chi connectivity index (χ0) is 10.3. The summed E-state index contributed by atoms with van der Waals surface area (Å²) < 4.78 is 5.32. The molecular weight excluding hydrogens is 164 g/mol. The van der Waals surface area contributed by atoms with Gasteiger partial charge in [0.05, 0.1) is 12.7 Å². The number of aliphatic hydroxyl groups excluding tert-OH is 1. The molecule has 0 aromatic carbocycles. The lowest BCUT2D eigenvalue weighted by molar-refractivity contribution is 0.0788. The van der Waals surface area contributed by atoms with E-state index in [0.717, 1.165) is 19.4 Å². The van der Waals surface area contributed by atoms with Gasteiger partial charge in [0.1, 0.15) is 0 Å². The van der Waals surface area contributed by atoms with Crippen LogP contribution < -0.4 is 0 Å². The van der Waals surface area contributed by atoms with Gasteiger partial charge in [-0.3, -0.25) is 0 Å². The number of hydrogen-bond acceptors (Lipinski definition) is 2. The Hall–Kier alpha value is -0.0800. The first-order chi connectivity index (χ1) is 6.02. The summed E-state index contributed by atoms with van der Waals surface area (Å²) in [6.45, 7) is 10.00. The van der Waals surface area contributed by atoms with Crippen molar-refractivity contribution in [1.82, 2.24) is 0 Å². The lowest BCUT2D eigenvalue weighted by atomic mass is 9.88. The van der Waals surface area contributed by atoms with Crippen molar-refractivity contribution in [2.24, 2.45) is 5.41 Å². The monoisotopic (exact) mass is 188 g/mol. The Balaban J connectivity index is 0.000000424. The Kier molecular flexibility index (Phi) is 6.35. The zero-order valence-electron chi connectivity index (χ0n) is 9.47. The number of rotatable bonds is 0. The van der Waals surface area contributed by atoms with Crippen molar-refractivity contribution >= 4 is 0 Å². The van der Waals surface area contributed by atoms with E-state index in [1.807, 2.05) is 0 Å². The predicted octanol–water partition coefficient (Wildman–Crippen LogP) is 2.60. The molecule has 1 heterocycles. The van der Waals surface area contributed by atoms with Crippen molar-refractivity contribution in [2.45, 2.75) is 53.1 Å². The third kappa shape index (κ3) is 7.03. The number of aliphatic hydroxyl groups is 1. The molecule has 80 valence electrons. The zero-order valence-corrected chi connectivity index (χ0v) is 9.47. The van der Waals surface area contributed by atoms with Crippen molar-refractivity contribution in [3.63, 3.8) is 0 Å². The highest BCUT2D eigenvalue weighted by atomic mass is 16.5. The minimum atomic E-state index is -0.155. The molecule has 13 heavy (non-hydrogen) atoms. The molecule has 1 fully saturated rings. The highest BCUT2D eigenvalue weighted by Crippen LogP contribution is 2.26. The molecule has 2 heteroatoms. The SMILES string of the molecule is CC1(C)COCCC(O)C1.CCC. The standard InChI is InChI=1S/C8H16O2.C3H8/c1-8(2)5-7(9)3-4-10-6-8;1-3-2/h7,9H,3-6H2,1-2H3;3H2,1-2H3. The second-order valence-electron chi connectivity index (χ2n) is 4.57. The van der Waals surface area contributed by atoms with Crippen LogP contribution in [-0.4, -0.2) is 24.4 Å². The molecule has 0 aromatic rings. The van der Waals surface area contributed by atoms with Gasteiger partial charge < -0.3 is 9.84 Å². The maximum Gasteiger partial charge on any atom is 0.0568 e. The first-order valence-electron chi connectivity index (χ1n) is 5.27. The molecule has 0 aliphatic carbocycles. The molecule has 1 aliphatic heterocycles. The maximum atomic E-state index is 9.34. The van der Waals surface area contributed by atoms with E-state index in [9.17, 15) is 5.11 Å². The Morgan fingerprint density at radius 3 is 2.46 bits per heavy atom. The van der Waals surface area contributed by atoms with Crippen LogP contribution in [0.3, 0.4) is 0 Å². The molecule has 1 rings (SSSR count). The molecule has 0 amide bonds. The van der Waals surface area contributed by atoms with Crippen LogP contribution in [-0.2, 0) is 4.74 Å². The summed E-state index contributed by atoms with van der Waals surface area (Å²) in [6, 6.07) is 0. The first kappa shape index (κ1) is 12.9. The van der Waals surface area contributed by atoms with E-state index in [1.165, 1.54) is 6.42 Å². The normalized spacial score (nSPS) is 27.0. The molecular formula is C11H24O2. The molecule has 1 unspecified atom stereocenters. The fourth-order valence-corrected chi connectivity index (χ4v) is 1.37. The smallest absolute Gasteiger partial charge is 0.0568 e. The minimum absolute atomic E-state index is 0.155. The summed E-state index contributed by atoms with van der Waals surface area (Å²) in [4.78, 5) is 0. The van der Waals surface area contributed by atoms with E-state index in [0.29, 0.717) is 6.61 Å². The van der Waals surface area contributed by atoms with Crippen LogP contribution in [0.25, 0.3) is 0 Å². The van der Waals surface area contributed by atoms with E-state index >= 15 is 0 Å². The Morgan fingerprint density at radius 1 is 1.38 bits per heavy atom. The fourth-order valence-electron chi connectivity index (χ4n) is 1.37. The second-order valence-corrected chi connectivity index (χ2v) is 4.57. The average Bonchev–Trinajstić information content (AvgIpc) is 2.11. The molecule has 0 aromatic heterocycles. The molecule has 0 spiro atoms. The number of ether oxygens (including phenoxy) is 1. The van der Waals surface area contributed by atoms with Crippen molar-refractivity contribution < 1.29 is 9.84 Å². The maximum absolute atomic E-state index is 9.34. The average molecular weight is 188 g/mol. The van der Waals surface area contributed by atoms with Crippen molar-refractivity contribution in [2.75, 3.05) is 13.2 Å². The Labute approximate surface area is 82.3 Å². The molecule has 2 nitrogen and oxygen atoms in total. The number of hydrogen-bond donors (Lipinski definition) is 1. The fraction of sp³-hybridized carbons (Fsp3) is 1.00. The largest absolute Gasteiger partial charge is 0.393 e. The van der Waals surface area contributed by atoms with Crippen molar-refractivity contribution in [3.8, 4) is 0 Å². The van der Waals surface area contributed by atoms with Gasteiger partial charge in [-0.15, -0.1) is 0 Å². The molecule has 0 radical (unpaired) electrons. The van der Waals surface area contributed by atoms with Crippen LogP contribution in [0.4, 0.5) is 0 Å². The van der Waals surface area contributed by atoms with Crippen LogP contribution in [0.2, 0.25) is 0 Å². The first-order valence-corrected chi connectivity index (χ1v) is 5.27. The summed E-state index contributed by atoms with van der Waals surface area (Å²) in [6.07, 6.45) is 2.76. The second kappa shape index (κ2) is 6.39. The quantitative estimate of drug-likeness (QED) is 0.633. The van der Waals surface area contributed by atoms with Gasteiger partial charge in [-0.05, 0) is 18.3 Å². The van der Waals surface area contributed by atoms with Gasteiger partial charge >= 0.3 is 0 Å². The van der Waals surface area contributed by atoms with Crippen molar-refractivity contribution in [1.29, 1.82) is 0 Å². The van der Waals surface area contributed by atoms with E-state index in [1.54, 1.807) is 0 Å². The van der Waals surface area contributed by atoms with Gasteiger partial charge in [-0.25, -0.2) is 0 Å². The molecule has 1 N–H and O–H groups in total. The van der Waals surface area contributed by atoms with Gasteiger partial charge in [0.25, 0.3) is 0 Å². The van der Waals surface area contributed by atoms with Crippen LogP contribution in [0.5, 0.6) is 0 Å². The minimum Gasteiger partial charge on any atom is -0.393 e. The summed E-state index contributed by atoms with van der Waals surface area (Å²) in [5.74, 6) is 0. The van der Waals surface area contributed by atoms with Gasteiger partial charge in [0.15, 0.2) is 0 Å². The van der Waals surface area contributed by atoms with E-state index in [2.05, 4.69) is 27.7 Å². The van der Waals surface area contributed by atoms with Crippen LogP contribution >= 0.6 is 0 Å². The lowest BCUT2D eigenvalue weighted by Gasteiger charge is -2.22. The van der Waals surface area contributed by atoms with Gasteiger partial charge in [-0.2, -0.15) is 0 Å². The summed E-state index contributed by atoms with van der Waals surface area (Å²) in [7, 11) is 0. The summed E-state index contributed by atoms with van der Waals surface area (Å²) >= 11 is 0. The van der Waals surface area contributed by atoms with Crippen LogP contribution in [0.15, 0.2) is 0 Å². The van der Waals surface area contributed by atoms with Crippen LogP contribution in [0.1, 0.15) is 47.0 Å². The third-order valence-corrected chi connectivity index (χ3v) is 1.88. The summed E-state index contributed by atoms with van der Waals surface area (Å²) in [5, 5.41) is 9.34. The van der Waals surface area contributed by atoms with Gasteiger partial charge in [-0.1, -0.05) is 34.1 Å². The topological polar surface area (TPSA) is 29.5 Å². The van der Waals surface area contributed by atoms with E-state index in [4.69, 9.17) is 4.74 Å². The molecule has 1 atom stereocenters. The predicted molar refractivity (Wildman–Crippen MR) is 55.8 cm³/mol. The van der Waals surface area contributed by atoms with Crippen molar-refractivity contribution in [3.05, 3.63) is 0 Å². The highest BCUT2D eigenvalue weighted by molar-refractivity contribution is 4.75. The van der Waals surface area contributed by atoms with E-state index < -0.39 is 0 Å². The molecule has 1 saturated heterocycles. The Morgan fingerprint density at radius 2 is 1.92 bits per heavy atom. The van der Waals surface area contributed by atoms with Gasteiger partial charge in [0.2, 0.25) is 0 Å². The molecule has 0 bridgehead atoms. The van der Waals surface area contributed by atoms with Crippen LogP contribution in [0, 0.1) is 5.41 Å². The molecule has 1 aliphatic rings.